The Kier molecular flexibility index (Phi) is 5.57. The summed E-state index contributed by atoms with van der Waals surface area (Å²) in [6.07, 6.45) is 1.85. The molecule has 30 heavy (non-hydrogen) atoms. The van der Waals surface area contributed by atoms with E-state index in [1.165, 1.54) is 6.92 Å². The van der Waals surface area contributed by atoms with E-state index in [4.69, 9.17) is 0 Å². The molecule has 0 saturated heterocycles. The van der Waals surface area contributed by atoms with Crippen LogP contribution in [0, 0.1) is 0 Å². The standard InChI is InChI=1S/C24H22N4O2/c1-17(29)27-21-11-9-20(10-12-21)24(30)25-14-18-5-4-6-19(13-18)15-28-16-26-22-7-2-3-8-23(22)28/h2-13,16H,14-15H2,1H3,(H,25,30)(H,27,29). The summed E-state index contributed by atoms with van der Waals surface area (Å²) in [5.41, 5.74) is 5.46. The highest BCUT2D eigenvalue weighted by atomic mass is 16.2. The van der Waals surface area contributed by atoms with Gasteiger partial charge in [-0.1, -0.05) is 36.4 Å². The molecule has 0 bridgehead atoms. The van der Waals surface area contributed by atoms with Crippen LogP contribution in [-0.4, -0.2) is 21.4 Å². The van der Waals surface area contributed by atoms with E-state index < -0.39 is 0 Å². The fraction of sp³-hybridized carbons (Fsp3) is 0.125. The van der Waals surface area contributed by atoms with Gasteiger partial charge in [-0.05, 0) is 47.5 Å². The van der Waals surface area contributed by atoms with E-state index >= 15 is 0 Å². The van der Waals surface area contributed by atoms with Gasteiger partial charge in [0.1, 0.15) is 0 Å². The van der Waals surface area contributed by atoms with Crippen LogP contribution in [0.25, 0.3) is 11.0 Å². The number of para-hydroxylation sites is 2. The maximum absolute atomic E-state index is 12.4. The third-order valence-corrected chi connectivity index (χ3v) is 4.79. The fourth-order valence-electron chi connectivity index (χ4n) is 3.36. The zero-order valence-electron chi connectivity index (χ0n) is 16.6. The largest absolute Gasteiger partial charge is 0.348 e. The molecule has 0 radical (unpaired) electrons. The van der Waals surface area contributed by atoms with Crippen molar-refractivity contribution in [2.45, 2.75) is 20.0 Å². The third kappa shape index (κ3) is 4.55. The molecule has 1 heterocycles. The number of hydrogen-bond donors (Lipinski definition) is 2. The van der Waals surface area contributed by atoms with Crippen LogP contribution in [0.5, 0.6) is 0 Å². The first-order valence-corrected chi connectivity index (χ1v) is 9.72. The highest BCUT2D eigenvalue weighted by Crippen LogP contribution is 2.15. The number of hydrogen-bond acceptors (Lipinski definition) is 3. The number of aromatic nitrogens is 2. The van der Waals surface area contributed by atoms with E-state index in [1.54, 1.807) is 24.3 Å². The number of fused-ring (bicyclic) bond motifs is 1. The molecular formula is C24H22N4O2. The molecule has 0 atom stereocenters. The van der Waals surface area contributed by atoms with Gasteiger partial charge in [0.05, 0.1) is 17.4 Å². The number of carbonyl (C=O) groups is 2. The van der Waals surface area contributed by atoms with Crippen molar-refractivity contribution in [3.05, 3.63) is 95.8 Å². The lowest BCUT2D eigenvalue weighted by Gasteiger charge is -2.09. The van der Waals surface area contributed by atoms with E-state index in [0.717, 1.165) is 22.2 Å². The lowest BCUT2D eigenvalue weighted by atomic mass is 10.1. The van der Waals surface area contributed by atoms with Crippen LogP contribution in [0.15, 0.2) is 79.1 Å². The lowest BCUT2D eigenvalue weighted by molar-refractivity contribution is -0.114. The minimum Gasteiger partial charge on any atom is -0.348 e. The van der Waals surface area contributed by atoms with E-state index in [0.29, 0.717) is 24.3 Å². The summed E-state index contributed by atoms with van der Waals surface area (Å²) >= 11 is 0. The van der Waals surface area contributed by atoms with Crippen molar-refractivity contribution in [2.24, 2.45) is 0 Å². The number of rotatable bonds is 6. The Morgan fingerprint density at radius 2 is 1.70 bits per heavy atom. The van der Waals surface area contributed by atoms with Gasteiger partial charge in [-0.15, -0.1) is 0 Å². The summed E-state index contributed by atoms with van der Waals surface area (Å²) in [4.78, 5) is 28.0. The minimum absolute atomic E-state index is 0.143. The summed E-state index contributed by atoms with van der Waals surface area (Å²) in [6, 6.07) is 23.0. The van der Waals surface area contributed by atoms with Crippen LogP contribution in [0.3, 0.4) is 0 Å². The average Bonchev–Trinajstić information content (AvgIpc) is 3.15. The summed E-state index contributed by atoms with van der Waals surface area (Å²) in [5.74, 6) is -0.300. The van der Waals surface area contributed by atoms with Crippen LogP contribution in [-0.2, 0) is 17.9 Å². The third-order valence-electron chi connectivity index (χ3n) is 4.79. The summed E-state index contributed by atoms with van der Waals surface area (Å²) in [6.45, 7) is 2.60. The summed E-state index contributed by atoms with van der Waals surface area (Å²) in [7, 11) is 0. The average molecular weight is 398 g/mol. The van der Waals surface area contributed by atoms with Gasteiger partial charge in [0.2, 0.25) is 5.91 Å². The fourth-order valence-corrected chi connectivity index (χ4v) is 3.36. The maximum atomic E-state index is 12.4. The molecule has 0 aliphatic heterocycles. The van der Waals surface area contributed by atoms with Crippen LogP contribution in [0.2, 0.25) is 0 Å². The topological polar surface area (TPSA) is 76.0 Å². The molecule has 1 aromatic heterocycles. The maximum Gasteiger partial charge on any atom is 0.251 e. The van der Waals surface area contributed by atoms with E-state index in [2.05, 4.69) is 38.4 Å². The van der Waals surface area contributed by atoms with E-state index in [-0.39, 0.29) is 11.8 Å². The Bertz CT molecular complexity index is 1200. The Morgan fingerprint density at radius 3 is 2.50 bits per heavy atom. The number of benzene rings is 3. The normalized spacial score (nSPS) is 10.7. The molecular weight excluding hydrogens is 376 g/mol. The molecule has 0 unspecified atom stereocenters. The molecule has 2 amide bonds. The Morgan fingerprint density at radius 1 is 0.933 bits per heavy atom. The second kappa shape index (κ2) is 8.61. The molecule has 0 spiro atoms. The first kappa shape index (κ1) is 19.4. The molecule has 0 aliphatic carbocycles. The first-order valence-electron chi connectivity index (χ1n) is 9.72. The predicted octanol–water partition coefficient (Wildman–Crippen LogP) is 3.97. The van der Waals surface area contributed by atoms with Crippen molar-refractivity contribution in [3.8, 4) is 0 Å². The lowest BCUT2D eigenvalue weighted by Crippen LogP contribution is -2.22. The van der Waals surface area contributed by atoms with Gasteiger partial charge in [-0.25, -0.2) is 4.98 Å². The smallest absolute Gasteiger partial charge is 0.251 e. The Hall–Kier alpha value is -3.93. The highest BCUT2D eigenvalue weighted by Gasteiger charge is 2.07. The zero-order chi connectivity index (χ0) is 20.9. The Balaban J connectivity index is 1.39. The van der Waals surface area contributed by atoms with Crippen LogP contribution in [0.1, 0.15) is 28.4 Å². The second-order valence-electron chi connectivity index (χ2n) is 7.12. The van der Waals surface area contributed by atoms with Crippen molar-refractivity contribution < 1.29 is 9.59 Å². The predicted molar refractivity (Wildman–Crippen MR) is 117 cm³/mol. The number of nitrogens with zero attached hydrogens (tertiary/aromatic N) is 2. The van der Waals surface area contributed by atoms with Crippen LogP contribution < -0.4 is 10.6 Å². The zero-order valence-corrected chi connectivity index (χ0v) is 16.6. The number of carbonyl (C=O) groups excluding carboxylic acids is 2. The Labute approximate surface area is 174 Å². The number of imidazole rings is 1. The van der Waals surface area contributed by atoms with Gasteiger partial charge in [0.25, 0.3) is 5.91 Å². The molecule has 0 saturated carbocycles. The summed E-state index contributed by atoms with van der Waals surface area (Å²) in [5, 5.41) is 5.63. The van der Waals surface area contributed by atoms with Crippen molar-refractivity contribution in [1.29, 1.82) is 0 Å². The molecule has 3 aromatic carbocycles. The number of amides is 2. The van der Waals surface area contributed by atoms with E-state index in [9.17, 15) is 9.59 Å². The quantitative estimate of drug-likeness (QED) is 0.516. The monoisotopic (exact) mass is 398 g/mol. The molecule has 2 N–H and O–H groups in total. The number of nitrogens with one attached hydrogen (secondary N) is 2. The van der Waals surface area contributed by atoms with Crippen molar-refractivity contribution in [1.82, 2.24) is 14.9 Å². The molecule has 0 aliphatic rings. The summed E-state index contributed by atoms with van der Waals surface area (Å²) < 4.78 is 2.11. The molecule has 6 heteroatoms. The molecule has 0 fully saturated rings. The number of anilines is 1. The van der Waals surface area contributed by atoms with Crippen molar-refractivity contribution >= 4 is 28.5 Å². The van der Waals surface area contributed by atoms with Gasteiger partial charge in [0.15, 0.2) is 0 Å². The SMILES string of the molecule is CC(=O)Nc1ccc(C(=O)NCc2cccc(Cn3cnc4ccccc43)c2)cc1. The van der Waals surface area contributed by atoms with Gasteiger partial charge < -0.3 is 15.2 Å². The van der Waals surface area contributed by atoms with Crippen LogP contribution >= 0.6 is 0 Å². The first-order chi connectivity index (χ1) is 14.6. The highest BCUT2D eigenvalue weighted by molar-refractivity contribution is 5.95. The molecule has 4 aromatic rings. The van der Waals surface area contributed by atoms with Gasteiger partial charge in [-0.3, -0.25) is 9.59 Å². The van der Waals surface area contributed by atoms with Crippen LogP contribution in [0.4, 0.5) is 5.69 Å². The van der Waals surface area contributed by atoms with Crippen molar-refractivity contribution in [3.63, 3.8) is 0 Å². The van der Waals surface area contributed by atoms with Gasteiger partial charge >= 0.3 is 0 Å². The minimum atomic E-state index is -0.157. The second-order valence-corrected chi connectivity index (χ2v) is 7.12. The van der Waals surface area contributed by atoms with Gasteiger partial charge in [0, 0.05) is 31.3 Å². The van der Waals surface area contributed by atoms with Gasteiger partial charge in [-0.2, -0.15) is 0 Å². The molecule has 4 rings (SSSR count). The van der Waals surface area contributed by atoms with E-state index in [1.807, 2.05) is 36.7 Å². The molecule has 150 valence electrons. The molecule has 6 nitrogen and oxygen atoms in total. The van der Waals surface area contributed by atoms with Crippen molar-refractivity contribution in [2.75, 3.05) is 5.32 Å².